The van der Waals surface area contributed by atoms with Crippen LogP contribution >= 0.6 is 11.3 Å². The minimum Gasteiger partial charge on any atom is -0.495 e. The van der Waals surface area contributed by atoms with Crippen molar-refractivity contribution in [3.63, 3.8) is 0 Å². The predicted octanol–water partition coefficient (Wildman–Crippen LogP) is 2.52. The Bertz CT molecular complexity index is 417. The Balaban J connectivity index is 2.13. The molecule has 0 aliphatic heterocycles. The monoisotopic (exact) mass is 285 g/mol. The van der Waals surface area contributed by atoms with Gasteiger partial charge in [-0.2, -0.15) is 0 Å². The summed E-state index contributed by atoms with van der Waals surface area (Å²) >= 11 is 1.36. The van der Waals surface area contributed by atoms with Gasteiger partial charge in [-0.05, 0) is 24.3 Å². The summed E-state index contributed by atoms with van der Waals surface area (Å²) in [6.07, 6.45) is 3.58. The Labute approximate surface area is 116 Å². The van der Waals surface area contributed by atoms with Gasteiger partial charge in [0.2, 0.25) is 0 Å². The summed E-state index contributed by atoms with van der Waals surface area (Å²) < 4.78 is 5.08. The first-order valence-corrected chi connectivity index (χ1v) is 7.14. The molecule has 5 nitrogen and oxygen atoms in total. The van der Waals surface area contributed by atoms with Gasteiger partial charge >= 0.3 is 5.97 Å². The third kappa shape index (κ3) is 5.74. The van der Waals surface area contributed by atoms with Gasteiger partial charge in [0.05, 0.1) is 7.11 Å². The number of carboxylic acid groups (broad SMARTS) is 1. The highest BCUT2D eigenvalue weighted by Gasteiger charge is 2.12. The minimum absolute atomic E-state index is 0.114. The van der Waals surface area contributed by atoms with Crippen LogP contribution in [-0.2, 0) is 4.79 Å². The number of amides is 1. The molecule has 1 aromatic rings. The van der Waals surface area contributed by atoms with E-state index in [1.54, 1.807) is 13.2 Å². The summed E-state index contributed by atoms with van der Waals surface area (Å²) in [7, 11) is 1.54. The van der Waals surface area contributed by atoms with Gasteiger partial charge in [0.15, 0.2) is 0 Å². The molecule has 1 rings (SSSR count). The number of methoxy groups -OCH3 is 1. The molecule has 0 atom stereocenters. The quantitative estimate of drug-likeness (QED) is 0.684. The Kier molecular flexibility index (Phi) is 6.95. The molecular formula is C13H19NO4S. The number of carboxylic acids is 1. The molecule has 0 fully saturated rings. The maximum absolute atomic E-state index is 11.8. The van der Waals surface area contributed by atoms with Crippen molar-refractivity contribution in [1.82, 2.24) is 5.32 Å². The van der Waals surface area contributed by atoms with Crippen molar-refractivity contribution < 1.29 is 19.4 Å². The smallest absolute Gasteiger partial charge is 0.303 e. The zero-order valence-electron chi connectivity index (χ0n) is 11.0. The fourth-order valence-electron chi connectivity index (χ4n) is 1.66. The van der Waals surface area contributed by atoms with Crippen LogP contribution in [-0.4, -0.2) is 30.6 Å². The second kappa shape index (κ2) is 8.53. The van der Waals surface area contributed by atoms with E-state index in [0.29, 0.717) is 23.6 Å². The number of aliphatic carboxylic acids is 1. The third-order valence-electron chi connectivity index (χ3n) is 2.66. The average molecular weight is 285 g/mol. The van der Waals surface area contributed by atoms with E-state index in [9.17, 15) is 9.59 Å². The van der Waals surface area contributed by atoms with E-state index in [-0.39, 0.29) is 12.3 Å². The molecule has 0 bridgehead atoms. The van der Waals surface area contributed by atoms with Gasteiger partial charge in [0.1, 0.15) is 10.6 Å². The fraction of sp³-hybridized carbons (Fsp3) is 0.538. The molecule has 0 radical (unpaired) electrons. The van der Waals surface area contributed by atoms with Crippen LogP contribution in [0.5, 0.6) is 5.75 Å². The molecular weight excluding hydrogens is 266 g/mol. The van der Waals surface area contributed by atoms with Gasteiger partial charge in [0, 0.05) is 13.0 Å². The minimum atomic E-state index is -0.752. The van der Waals surface area contributed by atoms with E-state index < -0.39 is 5.97 Å². The van der Waals surface area contributed by atoms with Crippen molar-refractivity contribution in [2.24, 2.45) is 0 Å². The van der Waals surface area contributed by atoms with Crippen molar-refractivity contribution in [2.45, 2.75) is 32.1 Å². The summed E-state index contributed by atoms with van der Waals surface area (Å²) in [6.45, 7) is 0.604. The Hall–Kier alpha value is -1.56. The zero-order valence-corrected chi connectivity index (χ0v) is 11.8. The predicted molar refractivity (Wildman–Crippen MR) is 73.9 cm³/mol. The first-order valence-electron chi connectivity index (χ1n) is 6.26. The summed E-state index contributed by atoms with van der Waals surface area (Å²) in [5.74, 6) is -0.264. The first-order chi connectivity index (χ1) is 9.15. The van der Waals surface area contributed by atoms with Crippen LogP contribution in [0.3, 0.4) is 0 Å². The molecule has 6 heteroatoms. The number of nitrogens with one attached hydrogen (secondary N) is 1. The number of hydrogen-bond acceptors (Lipinski definition) is 4. The molecule has 0 aliphatic carbocycles. The second-order valence-corrected chi connectivity index (χ2v) is 5.05. The SMILES string of the molecule is COc1ccsc1C(=O)NCCCCCCC(=O)O. The highest BCUT2D eigenvalue weighted by Crippen LogP contribution is 2.23. The molecule has 0 aromatic carbocycles. The van der Waals surface area contributed by atoms with Gasteiger partial charge in [-0.3, -0.25) is 9.59 Å². The number of thiophene rings is 1. The van der Waals surface area contributed by atoms with Gasteiger partial charge in [-0.1, -0.05) is 12.8 Å². The van der Waals surface area contributed by atoms with E-state index in [2.05, 4.69) is 5.32 Å². The van der Waals surface area contributed by atoms with Gasteiger partial charge < -0.3 is 15.2 Å². The Morgan fingerprint density at radius 1 is 1.32 bits per heavy atom. The molecule has 1 aromatic heterocycles. The number of ether oxygens (including phenoxy) is 1. The van der Waals surface area contributed by atoms with Crippen LogP contribution in [0.2, 0.25) is 0 Å². The van der Waals surface area contributed by atoms with Gasteiger partial charge in [-0.25, -0.2) is 0 Å². The lowest BCUT2D eigenvalue weighted by Crippen LogP contribution is -2.23. The third-order valence-corrected chi connectivity index (χ3v) is 3.55. The summed E-state index contributed by atoms with van der Waals surface area (Å²) in [6, 6.07) is 1.77. The number of hydrogen-bond donors (Lipinski definition) is 2. The Morgan fingerprint density at radius 3 is 2.74 bits per heavy atom. The second-order valence-electron chi connectivity index (χ2n) is 4.13. The molecule has 1 amide bonds. The molecule has 19 heavy (non-hydrogen) atoms. The van der Waals surface area contributed by atoms with Crippen LogP contribution < -0.4 is 10.1 Å². The molecule has 2 N–H and O–H groups in total. The number of unbranched alkanes of at least 4 members (excludes halogenated alkanes) is 3. The normalized spacial score (nSPS) is 10.2. The van der Waals surface area contributed by atoms with E-state index in [1.807, 2.05) is 5.38 Å². The summed E-state index contributed by atoms with van der Waals surface area (Å²) in [5.41, 5.74) is 0. The highest BCUT2D eigenvalue weighted by molar-refractivity contribution is 7.12. The fourth-order valence-corrected chi connectivity index (χ4v) is 2.44. The van der Waals surface area contributed by atoms with Crippen molar-refractivity contribution in [1.29, 1.82) is 0 Å². The van der Waals surface area contributed by atoms with Crippen molar-refractivity contribution in [2.75, 3.05) is 13.7 Å². The topological polar surface area (TPSA) is 75.6 Å². The highest BCUT2D eigenvalue weighted by atomic mass is 32.1. The largest absolute Gasteiger partial charge is 0.495 e. The lowest BCUT2D eigenvalue weighted by Gasteiger charge is -2.05. The maximum atomic E-state index is 11.8. The molecule has 0 saturated carbocycles. The van der Waals surface area contributed by atoms with E-state index >= 15 is 0 Å². The van der Waals surface area contributed by atoms with E-state index in [1.165, 1.54) is 11.3 Å². The standard InChI is InChI=1S/C13H19NO4S/c1-18-10-7-9-19-12(10)13(17)14-8-5-3-2-4-6-11(15)16/h7,9H,2-6,8H2,1H3,(H,14,17)(H,15,16). The van der Waals surface area contributed by atoms with Crippen LogP contribution in [0.4, 0.5) is 0 Å². The molecule has 0 unspecified atom stereocenters. The van der Waals surface area contributed by atoms with Crippen LogP contribution in [0.1, 0.15) is 41.8 Å². The molecule has 0 saturated heterocycles. The number of carbonyl (C=O) groups is 2. The Morgan fingerprint density at radius 2 is 2.05 bits per heavy atom. The number of rotatable bonds is 9. The lowest BCUT2D eigenvalue weighted by atomic mass is 10.1. The number of carbonyl (C=O) groups excluding carboxylic acids is 1. The van der Waals surface area contributed by atoms with Gasteiger partial charge in [0.25, 0.3) is 5.91 Å². The molecule has 106 valence electrons. The van der Waals surface area contributed by atoms with Crippen LogP contribution in [0, 0.1) is 0 Å². The zero-order chi connectivity index (χ0) is 14.1. The summed E-state index contributed by atoms with van der Waals surface area (Å²) in [4.78, 5) is 22.7. The van der Waals surface area contributed by atoms with E-state index in [0.717, 1.165) is 19.3 Å². The molecule has 0 spiro atoms. The average Bonchev–Trinajstić information content (AvgIpc) is 2.85. The lowest BCUT2D eigenvalue weighted by molar-refractivity contribution is -0.137. The van der Waals surface area contributed by atoms with Crippen LogP contribution in [0.25, 0.3) is 0 Å². The molecule has 0 aliphatic rings. The van der Waals surface area contributed by atoms with Crippen molar-refractivity contribution >= 4 is 23.2 Å². The maximum Gasteiger partial charge on any atom is 0.303 e. The van der Waals surface area contributed by atoms with Gasteiger partial charge in [-0.15, -0.1) is 11.3 Å². The van der Waals surface area contributed by atoms with Crippen molar-refractivity contribution in [3.8, 4) is 5.75 Å². The molecule has 1 heterocycles. The van der Waals surface area contributed by atoms with E-state index in [4.69, 9.17) is 9.84 Å². The first kappa shape index (κ1) is 15.5. The summed E-state index contributed by atoms with van der Waals surface area (Å²) in [5, 5.41) is 13.1. The van der Waals surface area contributed by atoms with Crippen molar-refractivity contribution in [3.05, 3.63) is 16.3 Å². The van der Waals surface area contributed by atoms with Crippen LogP contribution in [0.15, 0.2) is 11.4 Å².